The summed E-state index contributed by atoms with van der Waals surface area (Å²) in [6.45, 7) is 9.69. The van der Waals surface area contributed by atoms with Gasteiger partial charge in [0.15, 0.2) is 0 Å². The van der Waals surface area contributed by atoms with Gasteiger partial charge in [-0.1, -0.05) is 0 Å². The molecular formula is C8H21N4. The van der Waals surface area contributed by atoms with E-state index in [0.717, 1.165) is 32.7 Å². The van der Waals surface area contributed by atoms with Gasteiger partial charge in [0, 0.05) is 39.3 Å². The molecule has 0 saturated heterocycles. The number of hydrogen-bond donors (Lipinski definition) is 3. The lowest BCUT2D eigenvalue weighted by Crippen LogP contribution is -2.38. The molecule has 0 bridgehead atoms. The summed E-state index contributed by atoms with van der Waals surface area (Å²) >= 11 is 0. The number of hydrogen-bond acceptors (Lipinski definition) is 4. The lowest BCUT2D eigenvalue weighted by molar-refractivity contribution is 0.289. The van der Waals surface area contributed by atoms with Crippen molar-refractivity contribution in [2.24, 2.45) is 11.5 Å². The molecule has 0 unspecified atom stereocenters. The summed E-state index contributed by atoms with van der Waals surface area (Å²) in [5.41, 5.74) is 10.9. The van der Waals surface area contributed by atoms with Crippen LogP contribution in [0.1, 0.15) is 0 Å². The molecule has 0 atom stereocenters. The maximum absolute atomic E-state index is 5.45. The topological polar surface area (TPSA) is 67.3 Å². The molecule has 0 aliphatic carbocycles. The van der Waals surface area contributed by atoms with Crippen molar-refractivity contribution in [1.29, 1.82) is 0 Å². The third kappa shape index (κ3) is 6.54. The fraction of sp³-hybridized carbons (Fsp3) is 0.875. The van der Waals surface area contributed by atoms with Crippen LogP contribution in [-0.4, -0.2) is 50.7 Å². The molecule has 0 spiro atoms. The van der Waals surface area contributed by atoms with Crippen molar-refractivity contribution in [3.63, 3.8) is 0 Å². The predicted molar refractivity (Wildman–Crippen MR) is 52.8 cm³/mol. The molecule has 0 aliphatic heterocycles. The van der Waals surface area contributed by atoms with Crippen molar-refractivity contribution < 1.29 is 0 Å². The molecule has 0 aromatic heterocycles. The highest BCUT2D eigenvalue weighted by Crippen LogP contribution is 1.83. The van der Waals surface area contributed by atoms with Gasteiger partial charge in [0.2, 0.25) is 0 Å². The van der Waals surface area contributed by atoms with Crippen LogP contribution >= 0.6 is 0 Å². The van der Waals surface area contributed by atoms with Gasteiger partial charge in [0.1, 0.15) is 0 Å². The maximum atomic E-state index is 5.45. The van der Waals surface area contributed by atoms with E-state index in [1.54, 1.807) is 0 Å². The van der Waals surface area contributed by atoms with E-state index in [1.165, 1.54) is 0 Å². The van der Waals surface area contributed by atoms with Crippen molar-refractivity contribution in [3.05, 3.63) is 6.92 Å². The fourth-order valence-corrected chi connectivity index (χ4v) is 1.06. The van der Waals surface area contributed by atoms with Crippen LogP contribution in [0.25, 0.3) is 0 Å². The molecule has 4 heteroatoms. The first kappa shape index (κ1) is 11.8. The van der Waals surface area contributed by atoms with Gasteiger partial charge in [0.25, 0.3) is 0 Å². The first-order chi connectivity index (χ1) is 5.85. The summed E-state index contributed by atoms with van der Waals surface area (Å²) in [7, 11) is 0. The Bertz CT molecular complexity index is 81.1. The zero-order valence-corrected chi connectivity index (χ0v) is 7.76. The average Bonchev–Trinajstić information content (AvgIpc) is 2.06. The van der Waals surface area contributed by atoms with E-state index in [1.807, 2.05) is 0 Å². The van der Waals surface area contributed by atoms with Crippen LogP contribution in [0.2, 0.25) is 0 Å². The van der Waals surface area contributed by atoms with E-state index in [0.29, 0.717) is 13.1 Å². The van der Waals surface area contributed by atoms with Gasteiger partial charge < -0.3 is 16.8 Å². The molecule has 73 valence electrons. The minimum atomic E-state index is 0.699. The molecule has 0 rings (SSSR count). The van der Waals surface area contributed by atoms with Crippen LogP contribution < -0.4 is 16.8 Å². The molecule has 0 fully saturated rings. The Balaban J connectivity index is 3.34. The molecule has 0 amide bonds. The minimum absolute atomic E-state index is 0.699. The second kappa shape index (κ2) is 8.93. The third-order valence-electron chi connectivity index (χ3n) is 1.67. The molecular weight excluding hydrogens is 152 g/mol. The Morgan fingerprint density at radius 1 is 1.08 bits per heavy atom. The highest BCUT2D eigenvalue weighted by Gasteiger charge is 2.00. The highest BCUT2D eigenvalue weighted by atomic mass is 15.1. The predicted octanol–water partition coefficient (Wildman–Crippen LogP) is -1.37. The maximum Gasteiger partial charge on any atom is 0.0108 e. The number of nitrogens with two attached hydrogens (primary N) is 2. The standard InChI is InChI=1S/C8H21N4/c1-2-11-5-8-12(6-3-9)7-4-10/h11H,1-10H2. The van der Waals surface area contributed by atoms with Gasteiger partial charge in [-0.3, -0.25) is 4.90 Å². The number of rotatable bonds is 8. The fourth-order valence-electron chi connectivity index (χ4n) is 1.06. The zero-order valence-electron chi connectivity index (χ0n) is 7.76. The third-order valence-corrected chi connectivity index (χ3v) is 1.67. The Morgan fingerprint density at radius 3 is 2.08 bits per heavy atom. The van der Waals surface area contributed by atoms with Gasteiger partial charge in [-0.25, -0.2) is 0 Å². The molecule has 0 aromatic carbocycles. The van der Waals surface area contributed by atoms with Crippen LogP contribution in [0.3, 0.4) is 0 Å². The molecule has 0 aromatic rings. The van der Waals surface area contributed by atoms with E-state index < -0.39 is 0 Å². The van der Waals surface area contributed by atoms with Crippen LogP contribution in [0, 0.1) is 6.92 Å². The number of nitrogens with one attached hydrogen (secondary N) is 1. The monoisotopic (exact) mass is 173 g/mol. The molecule has 0 saturated carbocycles. The summed E-state index contributed by atoms with van der Waals surface area (Å²) in [6.07, 6.45) is 0. The van der Waals surface area contributed by atoms with Gasteiger partial charge in [-0.2, -0.15) is 0 Å². The molecule has 0 heterocycles. The van der Waals surface area contributed by atoms with E-state index in [9.17, 15) is 0 Å². The SMILES string of the molecule is [CH2]CNCCN(CCN)CCN. The molecule has 1 radical (unpaired) electrons. The van der Waals surface area contributed by atoms with Gasteiger partial charge in [-0.15, -0.1) is 0 Å². The Kier molecular flexibility index (Phi) is 8.81. The van der Waals surface area contributed by atoms with Crippen molar-refractivity contribution in [2.45, 2.75) is 0 Å². The van der Waals surface area contributed by atoms with Crippen molar-refractivity contribution in [2.75, 3.05) is 45.8 Å². The van der Waals surface area contributed by atoms with Crippen LogP contribution in [0.5, 0.6) is 0 Å². The lowest BCUT2D eigenvalue weighted by Gasteiger charge is -2.20. The Morgan fingerprint density at radius 2 is 1.67 bits per heavy atom. The summed E-state index contributed by atoms with van der Waals surface area (Å²) in [5, 5.41) is 3.16. The normalized spacial score (nSPS) is 11.0. The van der Waals surface area contributed by atoms with Crippen molar-refractivity contribution >= 4 is 0 Å². The van der Waals surface area contributed by atoms with Crippen LogP contribution in [0.4, 0.5) is 0 Å². The summed E-state index contributed by atoms with van der Waals surface area (Å²) in [5.74, 6) is 0. The Labute approximate surface area is 75.3 Å². The summed E-state index contributed by atoms with van der Waals surface area (Å²) in [6, 6.07) is 0. The van der Waals surface area contributed by atoms with Gasteiger partial charge in [-0.05, 0) is 13.5 Å². The van der Waals surface area contributed by atoms with Crippen molar-refractivity contribution in [1.82, 2.24) is 10.2 Å². The first-order valence-electron chi connectivity index (χ1n) is 4.47. The molecule has 4 nitrogen and oxygen atoms in total. The second-order valence-electron chi connectivity index (χ2n) is 2.67. The van der Waals surface area contributed by atoms with E-state index in [4.69, 9.17) is 11.5 Å². The molecule has 5 N–H and O–H groups in total. The first-order valence-corrected chi connectivity index (χ1v) is 4.47. The van der Waals surface area contributed by atoms with E-state index in [-0.39, 0.29) is 0 Å². The van der Waals surface area contributed by atoms with E-state index in [2.05, 4.69) is 17.1 Å². The largest absolute Gasteiger partial charge is 0.329 e. The molecule has 0 aliphatic rings. The van der Waals surface area contributed by atoms with Crippen LogP contribution in [-0.2, 0) is 0 Å². The summed E-state index contributed by atoms with van der Waals surface area (Å²) in [4.78, 5) is 2.25. The summed E-state index contributed by atoms with van der Waals surface area (Å²) < 4.78 is 0. The van der Waals surface area contributed by atoms with Gasteiger partial charge >= 0.3 is 0 Å². The van der Waals surface area contributed by atoms with Gasteiger partial charge in [0.05, 0.1) is 0 Å². The van der Waals surface area contributed by atoms with Crippen molar-refractivity contribution in [3.8, 4) is 0 Å². The minimum Gasteiger partial charge on any atom is -0.329 e. The lowest BCUT2D eigenvalue weighted by atomic mass is 10.4. The number of nitrogens with zero attached hydrogens (tertiary/aromatic N) is 1. The Hall–Kier alpha value is -0.160. The quantitative estimate of drug-likeness (QED) is 0.396. The molecule has 12 heavy (non-hydrogen) atoms. The van der Waals surface area contributed by atoms with Crippen LogP contribution in [0.15, 0.2) is 0 Å². The smallest absolute Gasteiger partial charge is 0.0108 e. The zero-order chi connectivity index (χ0) is 9.23. The second-order valence-corrected chi connectivity index (χ2v) is 2.67. The van der Waals surface area contributed by atoms with E-state index >= 15 is 0 Å². The highest BCUT2D eigenvalue weighted by molar-refractivity contribution is 4.60. The average molecular weight is 173 g/mol.